The van der Waals surface area contributed by atoms with Crippen LogP contribution in [0.3, 0.4) is 0 Å². The summed E-state index contributed by atoms with van der Waals surface area (Å²) in [7, 11) is 2.18. The first kappa shape index (κ1) is 9.95. The number of hydrogen-bond acceptors (Lipinski definition) is 3. The van der Waals surface area contributed by atoms with E-state index in [1.807, 2.05) is 0 Å². The van der Waals surface area contributed by atoms with E-state index >= 15 is 0 Å². The van der Waals surface area contributed by atoms with Crippen LogP contribution in [0.2, 0.25) is 0 Å². The monoisotopic (exact) mass is 193 g/mol. The average Bonchev–Trinajstić information content (AvgIpc) is 2.84. The molecule has 1 aliphatic carbocycles. The fraction of sp³-hybridized carbons (Fsp3) is 0.909. The topological polar surface area (TPSA) is 39.1 Å². The zero-order valence-corrected chi connectivity index (χ0v) is 8.92. The van der Waals surface area contributed by atoms with Crippen LogP contribution in [0.4, 0.5) is 0 Å². The molecule has 2 rings (SSSR count). The van der Waals surface area contributed by atoms with E-state index in [-0.39, 0.29) is 5.41 Å². The van der Waals surface area contributed by atoms with Crippen LogP contribution in [-0.4, -0.2) is 38.1 Å². The van der Waals surface area contributed by atoms with Crippen molar-refractivity contribution < 1.29 is 0 Å². The van der Waals surface area contributed by atoms with Gasteiger partial charge in [0.15, 0.2) is 0 Å². The lowest BCUT2D eigenvalue weighted by Crippen LogP contribution is -2.29. The number of likely N-dealkylation sites (tertiary alicyclic amines) is 1. The van der Waals surface area contributed by atoms with Gasteiger partial charge in [0.25, 0.3) is 0 Å². The molecule has 3 heteroatoms. The van der Waals surface area contributed by atoms with Gasteiger partial charge in [-0.25, -0.2) is 0 Å². The summed E-state index contributed by atoms with van der Waals surface area (Å²) in [6, 6.07) is 2.41. The van der Waals surface area contributed by atoms with Crippen LogP contribution in [0.25, 0.3) is 0 Å². The Hall–Kier alpha value is -0.590. The van der Waals surface area contributed by atoms with Crippen molar-refractivity contribution in [3.05, 3.63) is 0 Å². The maximum atomic E-state index is 8.89. The van der Waals surface area contributed by atoms with Gasteiger partial charge in [-0.05, 0) is 45.3 Å². The standard InChI is InChI=1S/C11H19N3/c1-14-5-2-10(7-14)6-13-9-11(8-12)3-4-11/h10,13H,2-7,9H2,1H3. The third-order valence-electron chi connectivity index (χ3n) is 3.48. The van der Waals surface area contributed by atoms with Crippen molar-refractivity contribution in [3.63, 3.8) is 0 Å². The highest BCUT2D eigenvalue weighted by Gasteiger charge is 2.42. The second-order valence-corrected chi connectivity index (χ2v) is 4.94. The zero-order valence-electron chi connectivity index (χ0n) is 8.92. The van der Waals surface area contributed by atoms with Gasteiger partial charge >= 0.3 is 0 Å². The van der Waals surface area contributed by atoms with Gasteiger partial charge in [-0.1, -0.05) is 0 Å². The van der Waals surface area contributed by atoms with Crippen LogP contribution in [0.5, 0.6) is 0 Å². The molecular weight excluding hydrogens is 174 g/mol. The lowest BCUT2D eigenvalue weighted by Gasteiger charge is -2.13. The fourth-order valence-corrected chi connectivity index (χ4v) is 2.19. The van der Waals surface area contributed by atoms with E-state index in [1.165, 1.54) is 19.5 Å². The molecule has 0 spiro atoms. The first-order valence-electron chi connectivity index (χ1n) is 5.55. The second-order valence-electron chi connectivity index (χ2n) is 4.94. The van der Waals surface area contributed by atoms with Gasteiger partial charge < -0.3 is 10.2 Å². The molecule has 0 aromatic rings. The molecule has 14 heavy (non-hydrogen) atoms. The molecule has 0 aromatic heterocycles. The maximum absolute atomic E-state index is 8.89. The van der Waals surface area contributed by atoms with Gasteiger partial charge in [-0.2, -0.15) is 5.26 Å². The van der Waals surface area contributed by atoms with Crippen molar-refractivity contribution in [2.45, 2.75) is 19.3 Å². The molecule has 2 fully saturated rings. The summed E-state index contributed by atoms with van der Waals surface area (Å²) in [5.41, 5.74) is 0.0184. The average molecular weight is 193 g/mol. The number of nitrogens with one attached hydrogen (secondary N) is 1. The lowest BCUT2D eigenvalue weighted by atomic mass is 10.1. The summed E-state index contributed by atoms with van der Waals surface area (Å²) >= 11 is 0. The predicted molar refractivity (Wildman–Crippen MR) is 55.8 cm³/mol. The SMILES string of the molecule is CN1CCC(CNCC2(C#N)CC2)C1. The highest BCUT2D eigenvalue weighted by Crippen LogP contribution is 2.44. The smallest absolute Gasteiger partial charge is 0.0703 e. The molecule has 1 saturated carbocycles. The van der Waals surface area contributed by atoms with Crippen molar-refractivity contribution in [3.8, 4) is 6.07 Å². The number of nitriles is 1. The van der Waals surface area contributed by atoms with Gasteiger partial charge in [0, 0.05) is 13.1 Å². The zero-order chi connectivity index (χ0) is 10.0. The molecule has 1 aliphatic heterocycles. The lowest BCUT2D eigenvalue weighted by molar-refractivity contribution is 0.384. The minimum atomic E-state index is 0.0184. The first-order valence-corrected chi connectivity index (χ1v) is 5.55. The first-order chi connectivity index (χ1) is 6.74. The molecule has 0 aromatic carbocycles. The minimum absolute atomic E-state index is 0.0184. The van der Waals surface area contributed by atoms with Gasteiger partial charge in [0.1, 0.15) is 0 Å². The predicted octanol–water partition coefficient (Wildman–Crippen LogP) is 0.831. The maximum Gasteiger partial charge on any atom is 0.0703 e. The van der Waals surface area contributed by atoms with Crippen molar-refractivity contribution in [1.29, 1.82) is 5.26 Å². The molecule has 1 atom stereocenters. The van der Waals surface area contributed by atoms with Crippen LogP contribution >= 0.6 is 0 Å². The molecule has 0 bridgehead atoms. The number of hydrogen-bond donors (Lipinski definition) is 1. The fourth-order valence-electron chi connectivity index (χ4n) is 2.19. The Morgan fingerprint density at radius 1 is 1.57 bits per heavy atom. The van der Waals surface area contributed by atoms with Crippen molar-refractivity contribution in [2.24, 2.45) is 11.3 Å². The Balaban J connectivity index is 1.62. The van der Waals surface area contributed by atoms with Gasteiger partial charge in [0.2, 0.25) is 0 Å². The van der Waals surface area contributed by atoms with E-state index in [0.29, 0.717) is 0 Å². The molecule has 78 valence electrons. The summed E-state index contributed by atoms with van der Waals surface area (Å²) in [6.07, 6.45) is 3.51. The summed E-state index contributed by atoms with van der Waals surface area (Å²) in [6.45, 7) is 4.44. The molecule has 2 aliphatic rings. The largest absolute Gasteiger partial charge is 0.315 e. The third kappa shape index (κ3) is 2.26. The third-order valence-corrected chi connectivity index (χ3v) is 3.48. The summed E-state index contributed by atoms with van der Waals surface area (Å²) in [5, 5.41) is 12.3. The van der Waals surface area contributed by atoms with Gasteiger partial charge in [0.05, 0.1) is 11.5 Å². The molecule has 0 amide bonds. The van der Waals surface area contributed by atoms with Crippen LogP contribution in [0.1, 0.15) is 19.3 Å². The minimum Gasteiger partial charge on any atom is -0.315 e. The molecular formula is C11H19N3. The summed E-state index contributed by atoms with van der Waals surface area (Å²) in [5.74, 6) is 0.800. The molecule has 1 N–H and O–H groups in total. The quantitative estimate of drug-likeness (QED) is 0.719. The van der Waals surface area contributed by atoms with E-state index in [2.05, 4.69) is 23.3 Å². The number of rotatable bonds is 4. The Labute approximate surface area is 86.1 Å². The van der Waals surface area contributed by atoms with E-state index in [0.717, 1.165) is 31.8 Å². The van der Waals surface area contributed by atoms with Gasteiger partial charge in [-0.3, -0.25) is 0 Å². The van der Waals surface area contributed by atoms with Crippen molar-refractivity contribution in [2.75, 3.05) is 33.2 Å². The van der Waals surface area contributed by atoms with E-state index in [4.69, 9.17) is 5.26 Å². The highest BCUT2D eigenvalue weighted by atomic mass is 15.1. The molecule has 0 radical (unpaired) electrons. The second kappa shape index (κ2) is 3.88. The Bertz CT molecular complexity index is 239. The molecule has 1 unspecified atom stereocenters. The Kier molecular flexibility index (Phi) is 2.76. The number of nitrogens with zero attached hydrogens (tertiary/aromatic N) is 2. The van der Waals surface area contributed by atoms with E-state index < -0.39 is 0 Å². The Morgan fingerprint density at radius 3 is 2.86 bits per heavy atom. The van der Waals surface area contributed by atoms with E-state index in [1.54, 1.807) is 0 Å². The molecule has 1 saturated heterocycles. The highest BCUT2D eigenvalue weighted by molar-refractivity contribution is 5.10. The van der Waals surface area contributed by atoms with Crippen LogP contribution in [-0.2, 0) is 0 Å². The van der Waals surface area contributed by atoms with Crippen molar-refractivity contribution in [1.82, 2.24) is 10.2 Å². The van der Waals surface area contributed by atoms with Crippen LogP contribution in [0, 0.1) is 22.7 Å². The molecule has 3 nitrogen and oxygen atoms in total. The van der Waals surface area contributed by atoms with Crippen molar-refractivity contribution >= 4 is 0 Å². The van der Waals surface area contributed by atoms with E-state index in [9.17, 15) is 0 Å². The normalized spacial score (nSPS) is 30.1. The van der Waals surface area contributed by atoms with Crippen LogP contribution in [0.15, 0.2) is 0 Å². The van der Waals surface area contributed by atoms with Gasteiger partial charge in [-0.15, -0.1) is 0 Å². The summed E-state index contributed by atoms with van der Waals surface area (Å²) < 4.78 is 0. The Morgan fingerprint density at radius 2 is 2.36 bits per heavy atom. The molecule has 1 heterocycles. The van der Waals surface area contributed by atoms with Crippen LogP contribution < -0.4 is 5.32 Å². The summed E-state index contributed by atoms with van der Waals surface area (Å²) in [4.78, 5) is 2.38.